The van der Waals surface area contributed by atoms with Crippen LogP contribution in [0.25, 0.3) is 0 Å². The summed E-state index contributed by atoms with van der Waals surface area (Å²) in [4.78, 5) is 14.0. The van der Waals surface area contributed by atoms with Gasteiger partial charge in [-0.3, -0.25) is 15.1 Å². The number of guanidine groups is 1. The number of nitrogens with zero attached hydrogens (tertiary/aromatic N) is 1. The zero-order chi connectivity index (χ0) is 21.2. The van der Waals surface area contributed by atoms with Gasteiger partial charge in [0.15, 0.2) is 5.96 Å². The lowest BCUT2D eigenvalue weighted by Gasteiger charge is -2.31. The van der Waals surface area contributed by atoms with Crippen molar-refractivity contribution in [3.63, 3.8) is 0 Å². The lowest BCUT2D eigenvalue weighted by atomic mass is 9.85. The van der Waals surface area contributed by atoms with Gasteiger partial charge in [-0.1, -0.05) is 68.9 Å². The van der Waals surface area contributed by atoms with Crippen molar-refractivity contribution < 1.29 is 4.79 Å². The van der Waals surface area contributed by atoms with Crippen LogP contribution in [0.15, 0.2) is 30.3 Å². The van der Waals surface area contributed by atoms with Crippen LogP contribution in [-0.2, 0) is 11.3 Å². The Morgan fingerprint density at radius 2 is 1.77 bits per heavy atom. The molecule has 0 bridgehead atoms. The number of hydrogen-bond donors (Lipinski definition) is 3. The number of carbonyl (C=O) groups excluding carboxylic acids is 1. The van der Waals surface area contributed by atoms with Crippen LogP contribution in [0.4, 0.5) is 0 Å². The van der Waals surface area contributed by atoms with E-state index in [0.717, 1.165) is 25.9 Å². The predicted molar refractivity (Wildman–Crippen MR) is 123 cm³/mol. The first-order chi connectivity index (χ1) is 14.6. The maximum absolute atomic E-state index is 12.5. The largest absolute Gasteiger partial charge is 0.356 e. The minimum Gasteiger partial charge on any atom is -0.356 e. The van der Waals surface area contributed by atoms with Gasteiger partial charge in [-0.2, -0.15) is 0 Å². The number of rotatable bonds is 8. The Labute approximate surface area is 182 Å². The van der Waals surface area contributed by atoms with Gasteiger partial charge in [-0.25, -0.2) is 0 Å². The highest BCUT2D eigenvalue weighted by Crippen LogP contribution is 2.27. The van der Waals surface area contributed by atoms with E-state index in [9.17, 15) is 4.79 Å². The summed E-state index contributed by atoms with van der Waals surface area (Å²) in [6, 6.07) is 11.1. The second-order valence-corrected chi connectivity index (χ2v) is 9.32. The van der Waals surface area contributed by atoms with E-state index in [1.807, 2.05) is 0 Å². The molecule has 2 aliphatic rings. The highest BCUT2D eigenvalue weighted by molar-refractivity contribution is 5.95. The summed E-state index contributed by atoms with van der Waals surface area (Å²) in [6.45, 7) is 1.70. The Bertz CT molecular complexity index is 656. The molecule has 166 valence electrons. The molecule has 1 aromatic rings. The molecule has 0 heterocycles. The average molecular weight is 413 g/mol. The fourth-order valence-electron chi connectivity index (χ4n) is 4.98. The van der Waals surface area contributed by atoms with Gasteiger partial charge in [0.1, 0.15) is 0 Å². The van der Waals surface area contributed by atoms with Crippen LogP contribution in [0.5, 0.6) is 0 Å². The van der Waals surface area contributed by atoms with Crippen LogP contribution < -0.4 is 10.6 Å². The molecule has 0 radical (unpaired) electrons. The molecule has 3 N–H and O–H groups in total. The topological polar surface area (TPSA) is 68.2 Å². The first kappa shape index (κ1) is 22.8. The molecule has 0 spiro atoms. The van der Waals surface area contributed by atoms with Crippen molar-refractivity contribution in [1.82, 2.24) is 15.5 Å². The molecule has 3 rings (SSSR count). The van der Waals surface area contributed by atoms with Gasteiger partial charge in [0.25, 0.3) is 0 Å². The number of benzene rings is 1. The van der Waals surface area contributed by atoms with Crippen LogP contribution in [0.2, 0.25) is 0 Å². The Morgan fingerprint density at radius 3 is 2.53 bits per heavy atom. The lowest BCUT2D eigenvalue weighted by molar-refractivity contribution is -0.126. The predicted octanol–water partition coefficient (Wildman–Crippen LogP) is 4.68. The Morgan fingerprint density at radius 1 is 1.03 bits per heavy atom. The summed E-state index contributed by atoms with van der Waals surface area (Å²) in [6.07, 6.45) is 12.8. The number of carbonyl (C=O) groups is 1. The SMILES string of the molecule is CN(C(=N)NC[C@H]1CCC[C@H](NCc2ccccc2)C1)C(=O)CCC1CCCCC1. The van der Waals surface area contributed by atoms with E-state index < -0.39 is 0 Å². The smallest absolute Gasteiger partial charge is 0.229 e. The molecule has 2 aliphatic carbocycles. The first-order valence-corrected chi connectivity index (χ1v) is 12.0. The zero-order valence-electron chi connectivity index (χ0n) is 18.7. The summed E-state index contributed by atoms with van der Waals surface area (Å²) in [7, 11) is 1.74. The van der Waals surface area contributed by atoms with E-state index in [2.05, 4.69) is 41.0 Å². The van der Waals surface area contributed by atoms with Gasteiger partial charge in [-0.05, 0) is 43.1 Å². The lowest BCUT2D eigenvalue weighted by Crippen LogP contribution is -2.45. The van der Waals surface area contributed by atoms with Crippen LogP contribution in [0.3, 0.4) is 0 Å². The van der Waals surface area contributed by atoms with Gasteiger partial charge in [0, 0.05) is 32.6 Å². The van der Waals surface area contributed by atoms with Gasteiger partial charge in [0.2, 0.25) is 5.91 Å². The minimum absolute atomic E-state index is 0.0733. The van der Waals surface area contributed by atoms with Crippen molar-refractivity contribution in [2.24, 2.45) is 11.8 Å². The molecule has 2 atom stereocenters. The molecule has 2 fully saturated rings. The third-order valence-electron chi connectivity index (χ3n) is 6.98. The summed E-state index contributed by atoms with van der Waals surface area (Å²) < 4.78 is 0. The van der Waals surface area contributed by atoms with Crippen molar-refractivity contribution in [1.29, 1.82) is 5.41 Å². The van der Waals surface area contributed by atoms with E-state index in [0.29, 0.717) is 24.3 Å². The average Bonchev–Trinajstić information content (AvgIpc) is 2.80. The highest BCUT2D eigenvalue weighted by Gasteiger charge is 2.23. The summed E-state index contributed by atoms with van der Waals surface area (Å²) in [5, 5.41) is 15.2. The summed E-state index contributed by atoms with van der Waals surface area (Å²) in [5.74, 6) is 1.59. The normalized spacial score (nSPS) is 22.4. The summed E-state index contributed by atoms with van der Waals surface area (Å²) in [5.41, 5.74) is 1.33. The van der Waals surface area contributed by atoms with E-state index in [-0.39, 0.29) is 11.9 Å². The Kier molecular flexibility index (Phi) is 9.19. The minimum atomic E-state index is 0.0733. The van der Waals surface area contributed by atoms with Crippen LogP contribution in [0, 0.1) is 17.2 Å². The van der Waals surface area contributed by atoms with Crippen LogP contribution >= 0.6 is 0 Å². The van der Waals surface area contributed by atoms with Crippen LogP contribution in [0.1, 0.15) is 76.2 Å². The fraction of sp³-hybridized carbons (Fsp3) is 0.680. The second-order valence-electron chi connectivity index (χ2n) is 9.32. The maximum atomic E-state index is 12.5. The third kappa shape index (κ3) is 7.42. The molecular weight excluding hydrogens is 372 g/mol. The van der Waals surface area contributed by atoms with E-state index in [1.54, 1.807) is 7.05 Å². The van der Waals surface area contributed by atoms with Crippen molar-refractivity contribution in [2.45, 2.75) is 83.2 Å². The third-order valence-corrected chi connectivity index (χ3v) is 6.98. The molecule has 2 saturated carbocycles. The quantitative estimate of drug-likeness (QED) is 0.429. The highest BCUT2D eigenvalue weighted by atomic mass is 16.2. The van der Waals surface area contributed by atoms with Gasteiger partial charge in [-0.15, -0.1) is 0 Å². The molecular formula is C25H40N4O. The van der Waals surface area contributed by atoms with E-state index >= 15 is 0 Å². The van der Waals surface area contributed by atoms with Gasteiger partial charge < -0.3 is 10.6 Å². The maximum Gasteiger partial charge on any atom is 0.229 e. The van der Waals surface area contributed by atoms with Gasteiger partial charge in [0.05, 0.1) is 0 Å². The summed E-state index contributed by atoms with van der Waals surface area (Å²) >= 11 is 0. The molecule has 0 saturated heterocycles. The number of hydrogen-bond acceptors (Lipinski definition) is 3. The Hall–Kier alpha value is -1.88. The van der Waals surface area contributed by atoms with Crippen molar-refractivity contribution >= 4 is 11.9 Å². The molecule has 30 heavy (non-hydrogen) atoms. The van der Waals surface area contributed by atoms with E-state index in [1.165, 1.54) is 61.8 Å². The first-order valence-electron chi connectivity index (χ1n) is 12.0. The molecule has 5 nitrogen and oxygen atoms in total. The molecule has 5 heteroatoms. The monoisotopic (exact) mass is 412 g/mol. The van der Waals surface area contributed by atoms with Crippen molar-refractivity contribution in [3.05, 3.63) is 35.9 Å². The standard InChI is InChI=1S/C25H40N4O/c1-29(24(30)16-15-20-9-4-2-5-10-20)25(26)28-19-22-13-8-14-23(17-22)27-18-21-11-6-3-7-12-21/h3,6-7,11-12,20,22-23,27H,2,4-5,8-10,13-19H2,1H3,(H2,26,28)/t22-,23-/m0/s1. The van der Waals surface area contributed by atoms with Crippen LogP contribution in [-0.4, -0.2) is 36.4 Å². The fourth-order valence-corrected chi connectivity index (χ4v) is 4.98. The zero-order valence-corrected chi connectivity index (χ0v) is 18.7. The van der Waals surface area contributed by atoms with Crippen molar-refractivity contribution in [3.8, 4) is 0 Å². The van der Waals surface area contributed by atoms with Crippen molar-refractivity contribution in [2.75, 3.05) is 13.6 Å². The molecule has 0 unspecified atom stereocenters. The number of nitrogens with one attached hydrogen (secondary N) is 3. The molecule has 0 aromatic heterocycles. The molecule has 1 aromatic carbocycles. The molecule has 0 aliphatic heterocycles. The Balaban J connectivity index is 1.34. The van der Waals surface area contributed by atoms with E-state index in [4.69, 9.17) is 5.41 Å². The second kappa shape index (κ2) is 12.1. The van der Waals surface area contributed by atoms with Gasteiger partial charge >= 0.3 is 0 Å². The molecule has 1 amide bonds. The number of amides is 1.